The third-order valence-corrected chi connectivity index (χ3v) is 2.04. The Kier molecular flexibility index (Phi) is 3.07. The van der Waals surface area contributed by atoms with Crippen molar-refractivity contribution in [1.29, 1.82) is 0 Å². The molecule has 1 aromatic rings. The van der Waals surface area contributed by atoms with Gasteiger partial charge in [-0.15, -0.1) is 0 Å². The van der Waals surface area contributed by atoms with Crippen LogP contribution in [0, 0.1) is 12.3 Å². The molecular formula is C11H14N2O3. The fourth-order valence-corrected chi connectivity index (χ4v) is 1.20. The zero-order chi connectivity index (χ0) is 12.5. The molecule has 0 unspecified atom stereocenters. The van der Waals surface area contributed by atoms with Crippen molar-refractivity contribution in [3.63, 3.8) is 0 Å². The number of Topliss-reactive ketones (excluding diaryl/α,β-unsaturated/α-hetero) is 1. The van der Waals surface area contributed by atoms with Gasteiger partial charge in [-0.2, -0.15) is 0 Å². The summed E-state index contributed by atoms with van der Waals surface area (Å²) in [6, 6.07) is 0. The van der Waals surface area contributed by atoms with E-state index in [-0.39, 0.29) is 17.0 Å². The van der Waals surface area contributed by atoms with Crippen LogP contribution in [0.4, 0.5) is 0 Å². The monoisotopic (exact) mass is 222 g/mol. The summed E-state index contributed by atoms with van der Waals surface area (Å²) >= 11 is 0. The fourth-order valence-electron chi connectivity index (χ4n) is 1.20. The average molecular weight is 222 g/mol. The van der Waals surface area contributed by atoms with Crippen molar-refractivity contribution in [3.8, 4) is 0 Å². The zero-order valence-electron chi connectivity index (χ0n) is 9.74. The Morgan fingerprint density at radius 1 is 1.31 bits per heavy atom. The van der Waals surface area contributed by atoms with Crippen molar-refractivity contribution < 1.29 is 14.7 Å². The Labute approximate surface area is 93.5 Å². The summed E-state index contributed by atoms with van der Waals surface area (Å²) in [6.07, 6.45) is 1.28. The maximum Gasteiger partial charge on any atom is 0.355 e. The summed E-state index contributed by atoms with van der Waals surface area (Å²) in [5.41, 5.74) is -0.818. The van der Waals surface area contributed by atoms with Crippen molar-refractivity contribution in [2.24, 2.45) is 5.41 Å². The van der Waals surface area contributed by atoms with E-state index in [1.807, 2.05) is 0 Å². The first kappa shape index (κ1) is 12.3. The molecule has 0 aromatic carbocycles. The van der Waals surface area contributed by atoms with Crippen LogP contribution in [0.25, 0.3) is 0 Å². The first-order chi connectivity index (χ1) is 7.23. The van der Waals surface area contributed by atoms with Gasteiger partial charge < -0.3 is 5.11 Å². The molecule has 0 saturated heterocycles. The van der Waals surface area contributed by atoms with Crippen LogP contribution in [0.3, 0.4) is 0 Å². The van der Waals surface area contributed by atoms with Crippen LogP contribution in [0.2, 0.25) is 0 Å². The van der Waals surface area contributed by atoms with Crippen molar-refractivity contribution in [2.45, 2.75) is 27.7 Å². The molecule has 1 rings (SSSR count). The molecule has 0 fully saturated rings. The molecule has 0 bridgehead atoms. The van der Waals surface area contributed by atoms with Gasteiger partial charge in [-0.05, 0) is 6.92 Å². The lowest BCUT2D eigenvalue weighted by molar-refractivity contribution is 0.0680. The van der Waals surface area contributed by atoms with Gasteiger partial charge in [-0.25, -0.2) is 14.8 Å². The number of rotatable bonds is 2. The van der Waals surface area contributed by atoms with E-state index in [0.29, 0.717) is 5.82 Å². The van der Waals surface area contributed by atoms with Crippen LogP contribution in [0.1, 0.15) is 47.4 Å². The maximum absolute atomic E-state index is 12.0. The van der Waals surface area contributed by atoms with E-state index in [0.717, 1.165) is 0 Å². The van der Waals surface area contributed by atoms with Gasteiger partial charge in [0, 0.05) is 11.6 Å². The maximum atomic E-state index is 12.0. The normalized spacial score (nSPS) is 11.2. The summed E-state index contributed by atoms with van der Waals surface area (Å²) in [5, 5.41) is 8.96. The Morgan fingerprint density at radius 3 is 2.31 bits per heavy atom. The summed E-state index contributed by atoms with van der Waals surface area (Å²) in [6.45, 7) is 6.75. The summed E-state index contributed by atoms with van der Waals surface area (Å²) < 4.78 is 0. The van der Waals surface area contributed by atoms with E-state index in [9.17, 15) is 9.59 Å². The predicted molar refractivity (Wildman–Crippen MR) is 57.5 cm³/mol. The highest BCUT2D eigenvalue weighted by Gasteiger charge is 2.28. The molecule has 1 heterocycles. The van der Waals surface area contributed by atoms with E-state index in [1.54, 1.807) is 27.7 Å². The third kappa shape index (κ3) is 2.42. The van der Waals surface area contributed by atoms with E-state index in [4.69, 9.17) is 5.11 Å². The van der Waals surface area contributed by atoms with Gasteiger partial charge in [0.1, 0.15) is 5.82 Å². The minimum Gasteiger partial charge on any atom is -0.476 e. The van der Waals surface area contributed by atoms with Gasteiger partial charge in [-0.3, -0.25) is 4.79 Å². The Hall–Kier alpha value is -1.78. The highest BCUT2D eigenvalue weighted by Crippen LogP contribution is 2.22. The molecule has 5 nitrogen and oxygen atoms in total. The van der Waals surface area contributed by atoms with Crippen molar-refractivity contribution in [3.05, 3.63) is 23.3 Å². The number of hydrogen-bond donors (Lipinski definition) is 1. The number of aromatic carboxylic acids is 1. The smallest absolute Gasteiger partial charge is 0.355 e. The van der Waals surface area contributed by atoms with Gasteiger partial charge in [0.25, 0.3) is 0 Å². The average Bonchev–Trinajstić information content (AvgIpc) is 2.15. The number of carboxylic acids is 1. The van der Waals surface area contributed by atoms with Crippen LogP contribution in [-0.2, 0) is 0 Å². The summed E-state index contributed by atoms with van der Waals surface area (Å²) in [4.78, 5) is 30.6. The number of carboxylic acid groups (broad SMARTS) is 1. The molecule has 1 N–H and O–H groups in total. The van der Waals surface area contributed by atoms with Crippen molar-refractivity contribution >= 4 is 11.8 Å². The summed E-state index contributed by atoms with van der Waals surface area (Å²) in [7, 11) is 0. The Morgan fingerprint density at radius 2 is 1.88 bits per heavy atom. The first-order valence-electron chi connectivity index (χ1n) is 4.85. The second-order valence-electron chi connectivity index (χ2n) is 4.56. The van der Waals surface area contributed by atoms with Crippen LogP contribution in [0.15, 0.2) is 6.20 Å². The van der Waals surface area contributed by atoms with Crippen LogP contribution >= 0.6 is 0 Å². The fraction of sp³-hybridized carbons (Fsp3) is 0.455. The second-order valence-corrected chi connectivity index (χ2v) is 4.56. The molecule has 0 amide bonds. The van der Waals surface area contributed by atoms with Crippen LogP contribution in [-0.4, -0.2) is 26.8 Å². The number of aryl methyl sites for hydroxylation is 1. The van der Waals surface area contributed by atoms with E-state index >= 15 is 0 Å². The van der Waals surface area contributed by atoms with Crippen molar-refractivity contribution in [1.82, 2.24) is 9.97 Å². The number of aromatic nitrogens is 2. The molecule has 0 aliphatic heterocycles. The predicted octanol–water partition coefficient (Wildman–Crippen LogP) is 1.71. The second kappa shape index (κ2) is 4.00. The lowest BCUT2D eigenvalue weighted by Crippen LogP contribution is -2.24. The number of carbonyl (C=O) groups is 2. The van der Waals surface area contributed by atoms with Crippen molar-refractivity contribution in [2.75, 3.05) is 0 Å². The Balaban J connectivity index is 3.34. The number of nitrogens with zero attached hydrogens (tertiary/aromatic N) is 2. The molecule has 1 aromatic heterocycles. The third-order valence-electron chi connectivity index (χ3n) is 2.04. The molecule has 0 spiro atoms. The number of ketones is 1. The lowest BCUT2D eigenvalue weighted by atomic mass is 9.86. The molecule has 0 aliphatic rings. The Bertz CT molecular complexity index is 447. The highest BCUT2D eigenvalue weighted by atomic mass is 16.4. The topological polar surface area (TPSA) is 80.2 Å². The van der Waals surface area contributed by atoms with Gasteiger partial charge in [-0.1, -0.05) is 20.8 Å². The molecule has 0 atom stereocenters. The minimum absolute atomic E-state index is 0.0607. The zero-order valence-corrected chi connectivity index (χ0v) is 9.74. The van der Waals surface area contributed by atoms with E-state index in [1.165, 1.54) is 6.20 Å². The van der Waals surface area contributed by atoms with Gasteiger partial charge in [0.05, 0.1) is 5.56 Å². The minimum atomic E-state index is -1.21. The number of hydrogen-bond acceptors (Lipinski definition) is 4. The first-order valence-corrected chi connectivity index (χ1v) is 4.85. The largest absolute Gasteiger partial charge is 0.476 e. The van der Waals surface area contributed by atoms with Gasteiger partial charge in [0.2, 0.25) is 0 Å². The molecule has 0 aliphatic carbocycles. The summed E-state index contributed by atoms with van der Waals surface area (Å²) in [5.74, 6) is -1.15. The molecule has 0 radical (unpaired) electrons. The van der Waals surface area contributed by atoms with Crippen LogP contribution in [0.5, 0.6) is 0 Å². The SMILES string of the molecule is Cc1ncc(C(=O)C(C)(C)C)c(C(=O)O)n1. The van der Waals surface area contributed by atoms with Crippen LogP contribution < -0.4 is 0 Å². The van der Waals surface area contributed by atoms with Gasteiger partial charge in [0.15, 0.2) is 11.5 Å². The number of carbonyl (C=O) groups excluding carboxylic acids is 1. The molecule has 16 heavy (non-hydrogen) atoms. The molecule has 5 heteroatoms. The van der Waals surface area contributed by atoms with E-state index in [2.05, 4.69) is 9.97 Å². The standard InChI is InChI=1S/C11H14N2O3/c1-6-12-5-7(8(13-6)10(15)16)9(14)11(2,3)4/h5H,1-4H3,(H,15,16). The molecular weight excluding hydrogens is 208 g/mol. The van der Waals surface area contributed by atoms with Gasteiger partial charge >= 0.3 is 5.97 Å². The van der Waals surface area contributed by atoms with E-state index < -0.39 is 11.4 Å². The highest BCUT2D eigenvalue weighted by molar-refractivity contribution is 6.06. The molecule has 0 saturated carbocycles. The quantitative estimate of drug-likeness (QED) is 0.770. The molecule has 86 valence electrons. The lowest BCUT2D eigenvalue weighted by Gasteiger charge is -2.17.